The summed E-state index contributed by atoms with van der Waals surface area (Å²) in [4.78, 5) is 17.5. The summed E-state index contributed by atoms with van der Waals surface area (Å²) < 4.78 is 15.4. The van der Waals surface area contributed by atoms with Crippen LogP contribution in [0.4, 0.5) is 0 Å². The van der Waals surface area contributed by atoms with Gasteiger partial charge in [0.05, 0.1) is 6.61 Å². The molecule has 0 aliphatic carbocycles. The van der Waals surface area contributed by atoms with E-state index in [1.165, 1.54) is 38.5 Å². The van der Waals surface area contributed by atoms with Gasteiger partial charge in [-0.2, -0.15) is 0 Å². The van der Waals surface area contributed by atoms with Crippen LogP contribution in [0, 0.1) is 5.92 Å². The Balaban J connectivity index is 0. The van der Waals surface area contributed by atoms with Crippen molar-refractivity contribution in [3.05, 3.63) is 0 Å². The molecule has 0 aromatic carbocycles. The van der Waals surface area contributed by atoms with Crippen molar-refractivity contribution in [3.63, 3.8) is 0 Å². The van der Waals surface area contributed by atoms with Crippen molar-refractivity contribution in [2.45, 2.75) is 78.1 Å². The van der Waals surface area contributed by atoms with Gasteiger partial charge in [0.2, 0.25) is 0 Å². The van der Waals surface area contributed by atoms with Crippen molar-refractivity contribution >= 4 is 59.2 Å². The number of phosphoric acid groups is 1. The van der Waals surface area contributed by atoms with Crippen molar-refractivity contribution in [1.82, 2.24) is 0 Å². The normalized spacial score (nSPS) is 11.7. The Labute approximate surface area is 167 Å². The van der Waals surface area contributed by atoms with E-state index < -0.39 is 7.82 Å². The third-order valence-electron chi connectivity index (χ3n) is 3.41. The molecular formula is C14H32KO4P. The predicted octanol–water partition coefficient (Wildman–Crippen LogP) is 4.00. The number of unbranched alkanes of at least 4 members (excludes halogenated alkanes) is 6. The van der Waals surface area contributed by atoms with Gasteiger partial charge in [0.15, 0.2) is 0 Å². The maximum atomic E-state index is 10.8. The summed E-state index contributed by atoms with van der Waals surface area (Å²) in [6.07, 6.45) is 11.6. The van der Waals surface area contributed by atoms with Gasteiger partial charge < -0.3 is 9.79 Å². The van der Waals surface area contributed by atoms with Crippen LogP contribution in [0.1, 0.15) is 78.1 Å². The van der Waals surface area contributed by atoms with Crippen molar-refractivity contribution in [2.24, 2.45) is 5.92 Å². The molecule has 0 heterocycles. The van der Waals surface area contributed by atoms with E-state index in [9.17, 15) is 4.57 Å². The molecule has 6 heteroatoms. The Bertz CT molecular complexity index is 233. The van der Waals surface area contributed by atoms with Crippen LogP contribution >= 0.6 is 7.82 Å². The minimum absolute atomic E-state index is 0. The fraction of sp³-hybridized carbons (Fsp3) is 1.00. The van der Waals surface area contributed by atoms with Crippen molar-refractivity contribution in [3.8, 4) is 0 Å². The summed E-state index contributed by atoms with van der Waals surface area (Å²) >= 11 is 0. The molecule has 118 valence electrons. The first-order valence-electron chi connectivity index (χ1n) is 7.69. The molecule has 20 heavy (non-hydrogen) atoms. The number of rotatable bonds is 13. The first kappa shape index (κ1) is 24.0. The van der Waals surface area contributed by atoms with E-state index in [2.05, 4.69) is 18.4 Å². The Kier molecular flexibility index (Phi) is 18.8. The zero-order valence-corrected chi connectivity index (χ0v) is 13.4. The average Bonchev–Trinajstić information content (AvgIpc) is 2.34. The van der Waals surface area contributed by atoms with Crippen molar-refractivity contribution < 1.29 is 18.9 Å². The van der Waals surface area contributed by atoms with E-state index in [-0.39, 0.29) is 58.0 Å². The summed E-state index contributed by atoms with van der Waals surface area (Å²) in [7, 11) is -4.31. The van der Waals surface area contributed by atoms with Gasteiger partial charge in [0.1, 0.15) is 0 Å². The molecule has 0 atom stereocenters. The van der Waals surface area contributed by atoms with Gasteiger partial charge in [-0.15, -0.1) is 0 Å². The summed E-state index contributed by atoms with van der Waals surface area (Å²) in [6.45, 7) is 4.56. The van der Waals surface area contributed by atoms with Gasteiger partial charge >= 0.3 is 59.2 Å². The maximum absolute atomic E-state index is 10.8. The summed E-state index contributed by atoms with van der Waals surface area (Å²) in [5, 5.41) is 0. The summed E-state index contributed by atoms with van der Waals surface area (Å²) in [5.74, 6) is 0.293. The third-order valence-corrected chi connectivity index (χ3v) is 3.90. The zero-order chi connectivity index (χ0) is 14.6. The van der Waals surface area contributed by atoms with Gasteiger partial charge in [0.25, 0.3) is 0 Å². The molecule has 2 N–H and O–H groups in total. The summed E-state index contributed by atoms with van der Waals surface area (Å²) in [6, 6.07) is 0. The summed E-state index contributed by atoms with van der Waals surface area (Å²) in [5.41, 5.74) is 0. The molecule has 4 nitrogen and oxygen atoms in total. The van der Waals surface area contributed by atoms with Crippen molar-refractivity contribution in [1.29, 1.82) is 0 Å². The SMILES string of the molecule is CCCCCCC(CCCCCC)COP(=O)(O)O.[KH]. The first-order chi connectivity index (χ1) is 8.99. The van der Waals surface area contributed by atoms with E-state index in [4.69, 9.17) is 9.79 Å². The van der Waals surface area contributed by atoms with E-state index in [1.54, 1.807) is 0 Å². The first-order valence-corrected chi connectivity index (χ1v) is 9.22. The molecule has 0 spiro atoms. The Morgan fingerprint density at radius 3 is 1.70 bits per heavy atom. The number of hydrogen-bond acceptors (Lipinski definition) is 2. The van der Waals surface area contributed by atoms with E-state index in [1.807, 2.05) is 0 Å². The van der Waals surface area contributed by atoms with Crippen LogP contribution in [0.25, 0.3) is 0 Å². The Morgan fingerprint density at radius 1 is 0.900 bits per heavy atom. The zero-order valence-electron chi connectivity index (χ0n) is 12.5. The molecule has 0 amide bonds. The van der Waals surface area contributed by atoms with Gasteiger partial charge in [-0.3, -0.25) is 4.52 Å². The van der Waals surface area contributed by atoms with Crippen LogP contribution in [-0.4, -0.2) is 67.8 Å². The number of hydrogen-bond donors (Lipinski definition) is 2. The molecule has 0 aliphatic rings. The molecule has 0 saturated heterocycles. The van der Waals surface area contributed by atoms with Crippen LogP contribution in [0.3, 0.4) is 0 Å². The number of phosphoric ester groups is 1. The van der Waals surface area contributed by atoms with Gasteiger partial charge in [-0.05, 0) is 18.8 Å². The second-order valence-corrected chi connectivity index (χ2v) is 6.59. The minimum atomic E-state index is -4.31. The van der Waals surface area contributed by atoms with Gasteiger partial charge in [-0.1, -0.05) is 65.2 Å². The van der Waals surface area contributed by atoms with E-state index >= 15 is 0 Å². The molecule has 0 rings (SSSR count). The van der Waals surface area contributed by atoms with Crippen LogP contribution in [0.15, 0.2) is 0 Å². The fourth-order valence-corrected chi connectivity index (χ4v) is 2.64. The average molecular weight is 334 g/mol. The van der Waals surface area contributed by atoms with Crippen LogP contribution < -0.4 is 0 Å². The van der Waals surface area contributed by atoms with Gasteiger partial charge in [-0.25, -0.2) is 4.57 Å². The van der Waals surface area contributed by atoms with Crippen LogP contribution in [-0.2, 0) is 9.09 Å². The topological polar surface area (TPSA) is 66.8 Å². The molecule has 0 radical (unpaired) electrons. The predicted molar refractivity (Wildman–Crippen MR) is 86.2 cm³/mol. The fourth-order valence-electron chi connectivity index (χ4n) is 2.23. The Morgan fingerprint density at radius 2 is 1.35 bits per heavy atom. The second-order valence-electron chi connectivity index (χ2n) is 5.35. The van der Waals surface area contributed by atoms with Gasteiger partial charge in [0, 0.05) is 0 Å². The van der Waals surface area contributed by atoms with Crippen LogP contribution in [0.2, 0.25) is 0 Å². The molecule has 0 aromatic rings. The quantitative estimate of drug-likeness (QED) is 0.303. The molecule has 0 bridgehead atoms. The molecule has 0 aromatic heterocycles. The monoisotopic (exact) mass is 334 g/mol. The van der Waals surface area contributed by atoms with E-state index in [0.717, 1.165) is 25.7 Å². The second kappa shape index (κ2) is 15.6. The third kappa shape index (κ3) is 17.8. The molecule has 0 unspecified atom stereocenters. The Hall–Kier alpha value is 1.75. The standard InChI is InChI=1S/C14H31O4P.K.H/c1-3-5-7-9-11-14(12-10-8-6-4-2)13-18-19(15,16)17;;/h14H,3-13H2,1-2H3,(H2,15,16,17);;. The molecule has 0 aliphatic heterocycles. The molecule has 0 saturated carbocycles. The van der Waals surface area contributed by atoms with E-state index in [0.29, 0.717) is 5.92 Å². The molecule has 0 fully saturated rings. The van der Waals surface area contributed by atoms with Crippen LogP contribution in [0.5, 0.6) is 0 Å². The van der Waals surface area contributed by atoms with Crippen molar-refractivity contribution in [2.75, 3.05) is 6.61 Å². The molecular weight excluding hydrogens is 302 g/mol.